The average molecular weight is 319 g/mol. The summed E-state index contributed by atoms with van der Waals surface area (Å²) in [6.07, 6.45) is 8.00. The number of terminal acetylenes is 1. The largest absolute Gasteiger partial charge is 0.370 e. The van der Waals surface area contributed by atoms with E-state index in [-0.39, 0.29) is 6.04 Å². The van der Waals surface area contributed by atoms with Crippen LogP contribution in [0.1, 0.15) is 31.4 Å². The number of halogens is 1. The van der Waals surface area contributed by atoms with Gasteiger partial charge < -0.3 is 11.1 Å². The van der Waals surface area contributed by atoms with Gasteiger partial charge in [0.05, 0.1) is 6.54 Å². The Balaban J connectivity index is 1.94. The van der Waals surface area contributed by atoms with Crippen LogP contribution in [0.2, 0.25) is 5.02 Å². The molecule has 0 bridgehead atoms. The van der Waals surface area contributed by atoms with Crippen molar-refractivity contribution in [2.75, 3.05) is 19.6 Å². The summed E-state index contributed by atoms with van der Waals surface area (Å²) >= 11 is 5.89. The lowest BCUT2D eigenvalue weighted by Crippen LogP contribution is -2.37. The van der Waals surface area contributed by atoms with Crippen molar-refractivity contribution in [1.29, 1.82) is 0 Å². The second kappa shape index (κ2) is 8.07. The molecule has 5 heteroatoms. The molecule has 1 aliphatic rings. The van der Waals surface area contributed by atoms with Crippen molar-refractivity contribution in [3.63, 3.8) is 0 Å². The molecule has 1 aliphatic heterocycles. The van der Waals surface area contributed by atoms with Crippen LogP contribution in [0.4, 0.5) is 0 Å². The standard InChI is InChI=1S/C17H23ClN4/c1-3-16(13-7-9-14(18)10-8-13)21-17(19)20-12-15-6-5-11-22(15)4-2/h1,7-10,15-16H,4-6,11-12H2,2H3,(H3,19,20,21). The maximum Gasteiger partial charge on any atom is 0.189 e. The summed E-state index contributed by atoms with van der Waals surface area (Å²) < 4.78 is 0. The SMILES string of the molecule is C#CC(NC(N)=NCC1CCCN1CC)c1ccc(Cl)cc1. The highest BCUT2D eigenvalue weighted by Gasteiger charge is 2.22. The van der Waals surface area contributed by atoms with E-state index in [0.717, 1.165) is 18.7 Å². The number of hydrogen-bond acceptors (Lipinski definition) is 2. The zero-order valence-corrected chi connectivity index (χ0v) is 13.7. The molecule has 3 N–H and O–H groups in total. The van der Waals surface area contributed by atoms with E-state index in [1.807, 2.05) is 24.3 Å². The van der Waals surface area contributed by atoms with Crippen LogP contribution < -0.4 is 11.1 Å². The highest BCUT2D eigenvalue weighted by Crippen LogP contribution is 2.17. The lowest BCUT2D eigenvalue weighted by atomic mass is 10.1. The van der Waals surface area contributed by atoms with Gasteiger partial charge in [0.25, 0.3) is 0 Å². The van der Waals surface area contributed by atoms with Gasteiger partial charge in [0.2, 0.25) is 0 Å². The number of nitrogens with one attached hydrogen (secondary N) is 1. The van der Waals surface area contributed by atoms with Crippen LogP contribution in [0.15, 0.2) is 29.3 Å². The van der Waals surface area contributed by atoms with Gasteiger partial charge in [0.1, 0.15) is 6.04 Å². The van der Waals surface area contributed by atoms with Gasteiger partial charge in [-0.3, -0.25) is 9.89 Å². The van der Waals surface area contributed by atoms with Crippen molar-refractivity contribution in [3.05, 3.63) is 34.9 Å². The minimum atomic E-state index is -0.299. The normalized spacial score (nSPS) is 20.6. The van der Waals surface area contributed by atoms with Gasteiger partial charge in [-0.15, -0.1) is 6.42 Å². The summed E-state index contributed by atoms with van der Waals surface area (Å²) in [5, 5.41) is 3.77. The Bertz CT molecular complexity index is 547. The van der Waals surface area contributed by atoms with Crippen molar-refractivity contribution in [2.45, 2.75) is 31.8 Å². The number of hydrogen-bond donors (Lipinski definition) is 2. The number of aliphatic imine (C=N–C) groups is 1. The first kappa shape index (κ1) is 16.7. The monoisotopic (exact) mass is 318 g/mol. The fourth-order valence-electron chi connectivity index (χ4n) is 2.79. The van der Waals surface area contributed by atoms with Crippen molar-refractivity contribution < 1.29 is 0 Å². The summed E-state index contributed by atoms with van der Waals surface area (Å²) in [6, 6.07) is 7.60. The predicted molar refractivity (Wildman–Crippen MR) is 92.9 cm³/mol. The first-order valence-corrected chi connectivity index (χ1v) is 8.04. The van der Waals surface area contributed by atoms with Crippen LogP contribution in [0.25, 0.3) is 0 Å². The van der Waals surface area contributed by atoms with Gasteiger partial charge in [0, 0.05) is 11.1 Å². The van der Waals surface area contributed by atoms with E-state index < -0.39 is 0 Å². The van der Waals surface area contributed by atoms with E-state index in [4.69, 9.17) is 23.8 Å². The van der Waals surface area contributed by atoms with Gasteiger partial charge >= 0.3 is 0 Å². The predicted octanol–water partition coefficient (Wildman–Crippen LogP) is 2.40. The maximum absolute atomic E-state index is 5.98. The molecule has 0 radical (unpaired) electrons. The molecule has 1 aromatic carbocycles. The number of likely N-dealkylation sites (tertiary alicyclic amines) is 1. The van der Waals surface area contributed by atoms with E-state index in [2.05, 4.69) is 28.1 Å². The van der Waals surface area contributed by atoms with Crippen LogP contribution in [-0.4, -0.2) is 36.5 Å². The van der Waals surface area contributed by atoms with Gasteiger partial charge in [-0.05, 0) is 43.6 Å². The molecule has 0 aromatic heterocycles. The van der Waals surface area contributed by atoms with Crippen LogP contribution >= 0.6 is 11.6 Å². The summed E-state index contributed by atoms with van der Waals surface area (Å²) in [5.74, 6) is 3.08. The Morgan fingerprint density at radius 1 is 1.55 bits per heavy atom. The molecule has 0 aliphatic carbocycles. The van der Waals surface area contributed by atoms with E-state index in [1.54, 1.807) is 0 Å². The summed E-state index contributed by atoms with van der Waals surface area (Å²) in [7, 11) is 0. The highest BCUT2D eigenvalue weighted by molar-refractivity contribution is 6.30. The lowest BCUT2D eigenvalue weighted by Gasteiger charge is -2.21. The number of nitrogens with zero attached hydrogens (tertiary/aromatic N) is 2. The van der Waals surface area contributed by atoms with Crippen LogP contribution in [0, 0.1) is 12.3 Å². The topological polar surface area (TPSA) is 53.6 Å². The molecule has 22 heavy (non-hydrogen) atoms. The van der Waals surface area contributed by atoms with Crippen molar-refractivity contribution in [1.82, 2.24) is 10.2 Å². The third kappa shape index (κ3) is 4.40. The van der Waals surface area contributed by atoms with Crippen molar-refractivity contribution in [2.24, 2.45) is 10.7 Å². The first-order chi connectivity index (χ1) is 10.6. The molecule has 1 aromatic rings. The molecule has 4 nitrogen and oxygen atoms in total. The molecule has 0 saturated carbocycles. The maximum atomic E-state index is 5.98. The highest BCUT2D eigenvalue weighted by atomic mass is 35.5. The molecule has 1 saturated heterocycles. The quantitative estimate of drug-likeness (QED) is 0.498. The second-order valence-electron chi connectivity index (χ2n) is 5.45. The van der Waals surface area contributed by atoms with Crippen molar-refractivity contribution in [3.8, 4) is 12.3 Å². The van der Waals surface area contributed by atoms with Gasteiger partial charge in [0.15, 0.2) is 5.96 Å². The Kier molecular flexibility index (Phi) is 6.11. The average Bonchev–Trinajstić information content (AvgIpc) is 2.99. The Labute approximate surface area is 137 Å². The zero-order chi connectivity index (χ0) is 15.9. The van der Waals surface area contributed by atoms with Crippen molar-refractivity contribution >= 4 is 17.6 Å². The fourth-order valence-corrected chi connectivity index (χ4v) is 2.92. The van der Waals surface area contributed by atoms with Gasteiger partial charge in [-0.25, -0.2) is 0 Å². The summed E-state index contributed by atoms with van der Waals surface area (Å²) in [6.45, 7) is 5.11. The van der Waals surface area contributed by atoms with E-state index in [1.165, 1.54) is 12.8 Å². The third-order valence-corrected chi connectivity index (χ3v) is 4.29. The Morgan fingerprint density at radius 2 is 2.27 bits per heavy atom. The number of nitrogens with two attached hydrogens (primary N) is 1. The van der Waals surface area contributed by atoms with E-state index in [9.17, 15) is 0 Å². The number of likely N-dealkylation sites (N-methyl/N-ethyl adjacent to an activating group) is 1. The van der Waals surface area contributed by atoms with E-state index in [0.29, 0.717) is 23.6 Å². The van der Waals surface area contributed by atoms with Crippen LogP contribution in [0.3, 0.4) is 0 Å². The number of guanidine groups is 1. The van der Waals surface area contributed by atoms with Gasteiger partial charge in [-0.2, -0.15) is 0 Å². The smallest absolute Gasteiger partial charge is 0.189 e. The Hall–Kier alpha value is -1.70. The Morgan fingerprint density at radius 3 is 2.91 bits per heavy atom. The molecular weight excluding hydrogens is 296 g/mol. The zero-order valence-electron chi connectivity index (χ0n) is 12.9. The second-order valence-corrected chi connectivity index (χ2v) is 5.88. The minimum absolute atomic E-state index is 0.299. The molecule has 2 unspecified atom stereocenters. The molecule has 2 rings (SSSR count). The molecule has 118 valence electrons. The molecule has 1 heterocycles. The fraction of sp³-hybridized carbons (Fsp3) is 0.471. The third-order valence-electron chi connectivity index (χ3n) is 4.04. The lowest BCUT2D eigenvalue weighted by molar-refractivity contribution is 0.273. The summed E-state index contributed by atoms with van der Waals surface area (Å²) in [4.78, 5) is 6.89. The number of rotatable bonds is 5. The first-order valence-electron chi connectivity index (χ1n) is 7.66. The molecule has 0 amide bonds. The van der Waals surface area contributed by atoms with E-state index >= 15 is 0 Å². The number of benzene rings is 1. The molecular formula is C17H23ClN4. The van der Waals surface area contributed by atoms with Crippen LogP contribution in [-0.2, 0) is 0 Å². The molecule has 0 spiro atoms. The summed E-state index contributed by atoms with van der Waals surface area (Å²) in [5.41, 5.74) is 6.93. The van der Waals surface area contributed by atoms with Gasteiger partial charge in [-0.1, -0.05) is 36.6 Å². The molecule has 2 atom stereocenters. The van der Waals surface area contributed by atoms with Crippen LogP contribution in [0.5, 0.6) is 0 Å². The molecule has 1 fully saturated rings. The minimum Gasteiger partial charge on any atom is -0.370 e.